The zero-order valence-corrected chi connectivity index (χ0v) is 16.4. The van der Waals surface area contributed by atoms with Gasteiger partial charge in [0.25, 0.3) is 0 Å². The van der Waals surface area contributed by atoms with Crippen molar-refractivity contribution in [2.45, 2.75) is 12.8 Å². The molecular weight excluding hydrogens is 368 g/mol. The van der Waals surface area contributed by atoms with Gasteiger partial charge in [-0.05, 0) is 65.8 Å². The van der Waals surface area contributed by atoms with Gasteiger partial charge < -0.3 is 15.6 Å². The Balaban J connectivity index is 1.85. The third kappa shape index (κ3) is 2.49. The molecule has 0 spiro atoms. The SMILES string of the molecule is N=c1ccc2c(ccc3c(-c4ccccc4)c4ccc5c(c4oc32)CCC(N)=C5)c1. The first-order valence-electron chi connectivity index (χ1n) is 10.2. The fraction of sp³-hybridized carbons (Fsp3) is 0.0741. The number of fused-ring (bicyclic) bond motifs is 6. The first-order chi connectivity index (χ1) is 14.7. The quantitative estimate of drug-likeness (QED) is 0.268. The number of rotatable bonds is 1. The molecule has 144 valence electrons. The lowest BCUT2D eigenvalue weighted by molar-refractivity contribution is 0.656. The largest absolute Gasteiger partial charge is 0.455 e. The minimum absolute atomic E-state index is 0.504. The van der Waals surface area contributed by atoms with Crippen LogP contribution in [0, 0.1) is 5.41 Å². The van der Waals surface area contributed by atoms with Crippen LogP contribution in [-0.4, -0.2) is 0 Å². The average molecular weight is 388 g/mol. The van der Waals surface area contributed by atoms with E-state index in [2.05, 4.69) is 54.6 Å². The van der Waals surface area contributed by atoms with Crippen LogP contribution < -0.4 is 11.1 Å². The minimum atomic E-state index is 0.504. The smallest absolute Gasteiger partial charge is 0.143 e. The molecule has 3 heteroatoms. The van der Waals surface area contributed by atoms with Crippen molar-refractivity contribution in [2.24, 2.45) is 5.73 Å². The Bertz CT molecular complexity index is 1560. The van der Waals surface area contributed by atoms with Crippen LogP contribution in [0.1, 0.15) is 17.5 Å². The van der Waals surface area contributed by atoms with Gasteiger partial charge in [0.2, 0.25) is 0 Å². The molecule has 1 heterocycles. The molecule has 6 rings (SSSR count). The molecule has 0 aliphatic heterocycles. The van der Waals surface area contributed by atoms with E-state index in [4.69, 9.17) is 15.6 Å². The van der Waals surface area contributed by atoms with E-state index >= 15 is 0 Å². The predicted octanol–water partition coefficient (Wildman–Crippen LogP) is 6.13. The lowest BCUT2D eigenvalue weighted by Gasteiger charge is -2.19. The summed E-state index contributed by atoms with van der Waals surface area (Å²) in [7, 11) is 0. The van der Waals surface area contributed by atoms with Crippen molar-refractivity contribution in [1.82, 2.24) is 0 Å². The van der Waals surface area contributed by atoms with Crippen molar-refractivity contribution >= 4 is 38.8 Å². The Morgan fingerprint density at radius 3 is 2.40 bits per heavy atom. The summed E-state index contributed by atoms with van der Waals surface area (Å²) in [5.74, 6) is 0. The number of aryl methyl sites for hydroxylation is 1. The molecule has 0 unspecified atom stereocenters. The number of allylic oxidation sites excluding steroid dienone is 1. The second kappa shape index (κ2) is 6.33. The van der Waals surface area contributed by atoms with E-state index in [0.717, 1.165) is 56.8 Å². The molecule has 0 saturated carbocycles. The van der Waals surface area contributed by atoms with Crippen LogP contribution in [0.5, 0.6) is 0 Å². The van der Waals surface area contributed by atoms with Crippen molar-refractivity contribution in [3.8, 4) is 11.1 Å². The maximum atomic E-state index is 7.99. The molecule has 0 saturated heterocycles. The molecule has 3 N–H and O–H groups in total. The Morgan fingerprint density at radius 2 is 1.53 bits per heavy atom. The summed E-state index contributed by atoms with van der Waals surface area (Å²) in [6.45, 7) is 0. The summed E-state index contributed by atoms with van der Waals surface area (Å²) in [6.07, 6.45) is 3.79. The second-order valence-electron chi connectivity index (χ2n) is 7.95. The molecule has 4 aromatic carbocycles. The van der Waals surface area contributed by atoms with E-state index in [9.17, 15) is 0 Å². The number of nitrogens with one attached hydrogen (secondary N) is 1. The summed E-state index contributed by atoms with van der Waals surface area (Å²) in [5.41, 5.74) is 13.5. The molecule has 0 amide bonds. The number of hydrogen-bond acceptors (Lipinski definition) is 3. The Kier molecular flexibility index (Phi) is 3.59. The maximum Gasteiger partial charge on any atom is 0.143 e. The summed E-state index contributed by atoms with van der Waals surface area (Å²) in [5, 5.41) is 12.8. The zero-order chi connectivity index (χ0) is 20.2. The molecule has 0 atom stereocenters. The minimum Gasteiger partial charge on any atom is -0.455 e. The summed E-state index contributed by atoms with van der Waals surface area (Å²) in [6, 6.07) is 24.7. The molecule has 3 nitrogen and oxygen atoms in total. The molecule has 30 heavy (non-hydrogen) atoms. The normalized spacial score (nSPS) is 13.5. The zero-order valence-electron chi connectivity index (χ0n) is 16.4. The van der Waals surface area contributed by atoms with Gasteiger partial charge in [0.05, 0.1) is 5.36 Å². The Labute approximate surface area is 173 Å². The van der Waals surface area contributed by atoms with E-state index < -0.39 is 0 Å². The Morgan fingerprint density at radius 1 is 0.767 bits per heavy atom. The number of nitrogens with two attached hydrogens (primary N) is 1. The highest BCUT2D eigenvalue weighted by Crippen LogP contribution is 2.41. The molecule has 1 aliphatic rings. The highest BCUT2D eigenvalue weighted by atomic mass is 16.3. The second-order valence-corrected chi connectivity index (χ2v) is 7.95. The highest BCUT2D eigenvalue weighted by Gasteiger charge is 2.19. The van der Waals surface area contributed by atoms with Crippen molar-refractivity contribution in [1.29, 1.82) is 5.41 Å². The summed E-state index contributed by atoms with van der Waals surface area (Å²) in [4.78, 5) is 0. The lowest BCUT2D eigenvalue weighted by Crippen LogP contribution is -2.06. The van der Waals surface area contributed by atoms with Crippen LogP contribution in [0.25, 0.3) is 49.9 Å². The van der Waals surface area contributed by atoms with Gasteiger partial charge in [0, 0.05) is 33.0 Å². The van der Waals surface area contributed by atoms with Gasteiger partial charge in [0.15, 0.2) is 0 Å². The van der Waals surface area contributed by atoms with Crippen molar-refractivity contribution in [2.75, 3.05) is 0 Å². The third-order valence-corrected chi connectivity index (χ3v) is 6.08. The summed E-state index contributed by atoms with van der Waals surface area (Å²) >= 11 is 0. The topological polar surface area (TPSA) is 63.0 Å². The van der Waals surface area contributed by atoms with Crippen LogP contribution >= 0.6 is 0 Å². The molecule has 1 aromatic heterocycles. The molecule has 1 aliphatic carbocycles. The van der Waals surface area contributed by atoms with Crippen LogP contribution in [-0.2, 0) is 6.42 Å². The first kappa shape index (κ1) is 17.0. The van der Waals surface area contributed by atoms with Crippen LogP contribution in [0.3, 0.4) is 0 Å². The monoisotopic (exact) mass is 388 g/mol. The molecular formula is C27H20N2O. The predicted molar refractivity (Wildman–Crippen MR) is 123 cm³/mol. The van der Waals surface area contributed by atoms with Crippen molar-refractivity contribution in [3.05, 3.63) is 95.0 Å². The molecule has 0 fully saturated rings. The first-order valence-corrected chi connectivity index (χ1v) is 10.2. The van der Waals surface area contributed by atoms with Gasteiger partial charge in [-0.3, -0.25) is 0 Å². The molecule has 5 aromatic rings. The van der Waals surface area contributed by atoms with Crippen molar-refractivity contribution < 1.29 is 4.42 Å². The average Bonchev–Trinajstić information content (AvgIpc) is 2.77. The fourth-order valence-electron chi connectivity index (χ4n) is 4.66. The van der Waals surface area contributed by atoms with Crippen LogP contribution in [0.2, 0.25) is 0 Å². The van der Waals surface area contributed by atoms with Gasteiger partial charge in [-0.2, -0.15) is 0 Å². The summed E-state index contributed by atoms with van der Waals surface area (Å²) < 4.78 is 6.66. The van der Waals surface area contributed by atoms with Gasteiger partial charge in [-0.1, -0.05) is 42.5 Å². The Hall–Kier alpha value is -3.85. The van der Waals surface area contributed by atoms with E-state index in [1.165, 1.54) is 16.7 Å². The van der Waals surface area contributed by atoms with Crippen LogP contribution in [0.15, 0.2) is 82.9 Å². The van der Waals surface area contributed by atoms with Gasteiger partial charge in [-0.15, -0.1) is 0 Å². The number of benzene rings is 4. The van der Waals surface area contributed by atoms with E-state index in [1.54, 1.807) is 0 Å². The van der Waals surface area contributed by atoms with Crippen molar-refractivity contribution in [3.63, 3.8) is 0 Å². The standard InChI is InChI=1S/C27H20N2O/c28-19-8-12-21-17(14-19)6-10-23-25(16-4-2-1-3-5-16)24-11-7-18-15-20(29)9-13-22(18)27(24)30-26(21)23/h1-8,10-12,14-15,28H,9,13,29H2. The maximum absolute atomic E-state index is 7.99. The van der Waals surface area contributed by atoms with Gasteiger partial charge >= 0.3 is 0 Å². The molecule has 0 bridgehead atoms. The van der Waals surface area contributed by atoms with Gasteiger partial charge in [0.1, 0.15) is 11.2 Å². The highest BCUT2D eigenvalue weighted by molar-refractivity contribution is 6.15. The number of hydrogen-bond donors (Lipinski definition) is 2. The third-order valence-electron chi connectivity index (χ3n) is 6.08. The van der Waals surface area contributed by atoms with E-state index in [-0.39, 0.29) is 0 Å². The van der Waals surface area contributed by atoms with Gasteiger partial charge in [-0.25, -0.2) is 0 Å². The van der Waals surface area contributed by atoms with E-state index in [0.29, 0.717) is 5.36 Å². The van der Waals surface area contributed by atoms with Crippen LogP contribution in [0.4, 0.5) is 0 Å². The lowest BCUT2D eigenvalue weighted by atomic mass is 9.89. The van der Waals surface area contributed by atoms with E-state index in [1.807, 2.05) is 24.3 Å². The molecule has 0 radical (unpaired) electrons. The fourth-order valence-corrected chi connectivity index (χ4v) is 4.66.